The van der Waals surface area contributed by atoms with Crippen LogP contribution >= 0.6 is 0 Å². The molecule has 0 heterocycles. The number of benzene rings is 2. The van der Waals surface area contributed by atoms with Crippen LogP contribution in [0.25, 0.3) is 0 Å². The average molecular weight is 404 g/mol. The molecule has 1 aliphatic rings. The fraction of sp³-hybridized carbons (Fsp3) is 0.409. The lowest BCUT2D eigenvalue weighted by Crippen LogP contribution is -2.46. The normalized spacial score (nSPS) is 21.6. The fourth-order valence-corrected chi connectivity index (χ4v) is 3.73. The van der Waals surface area contributed by atoms with Gasteiger partial charge in [0.2, 0.25) is 0 Å². The third-order valence-corrected chi connectivity index (χ3v) is 5.34. The first-order valence-electron chi connectivity index (χ1n) is 9.69. The lowest BCUT2D eigenvalue weighted by Gasteiger charge is -2.37. The monoisotopic (exact) mass is 404 g/mol. The van der Waals surface area contributed by atoms with Crippen molar-refractivity contribution < 1.29 is 23.4 Å². The summed E-state index contributed by atoms with van der Waals surface area (Å²) in [5, 5.41) is 13.9. The molecule has 29 heavy (non-hydrogen) atoms. The summed E-state index contributed by atoms with van der Waals surface area (Å²) in [7, 11) is 1.65. The van der Waals surface area contributed by atoms with E-state index < -0.39 is 12.2 Å². The van der Waals surface area contributed by atoms with E-state index in [0.717, 1.165) is 5.56 Å². The lowest BCUT2D eigenvalue weighted by molar-refractivity contribution is -0.0499. The topological polar surface area (TPSA) is 61.8 Å². The van der Waals surface area contributed by atoms with Crippen molar-refractivity contribution in [2.24, 2.45) is 0 Å². The summed E-state index contributed by atoms with van der Waals surface area (Å²) < 4.78 is 29.1. The van der Waals surface area contributed by atoms with Gasteiger partial charge in [-0.05, 0) is 48.9 Å². The van der Waals surface area contributed by atoms with E-state index in [1.54, 1.807) is 19.2 Å². The van der Waals surface area contributed by atoms with E-state index in [4.69, 9.17) is 0 Å². The highest BCUT2D eigenvalue weighted by Gasteiger charge is 2.35. The van der Waals surface area contributed by atoms with Gasteiger partial charge in [-0.3, -0.25) is 0 Å². The van der Waals surface area contributed by atoms with Crippen LogP contribution in [-0.2, 0) is 12.1 Å². The van der Waals surface area contributed by atoms with Gasteiger partial charge in [-0.25, -0.2) is 4.79 Å². The summed E-state index contributed by atoms with van der Waals surface area (Å²) in [4.78, 5) is 14.0. The highest BCUT2D eigenvalue weighted by molar-refractivity contribution is 5.74. The molecule has 5 nitrogen and oxygen atoms in total. The van der Waals surface area contributed by atoms with Crippen LogP contribution in [0.5, 0.6) is 5.75 Å². The fourth-order valence-electron chi connectivity index (χ4n) is 3.73. The highest BCUT2D eigenvalue weighted by Crippen LogP contribution is 2.37. The zero-order chi connectivity index (χ0) is 20.9. The number of carbonyl (C=O) groups excluding carboxylic acids is 1. The summed E-state index contributed by atoms with van der Waals surface area (Å²) in [6, 6.07) is 15.7. The maximum Gasteiger partial charge on any atom is 0.387 e. The molecule has 0 radical (unpaired) electrons. The zero-order valence-electron chi connectivity index (χ0n) is 16.4. The number of rotatable bonds is 6. The first-order chi connectivity index (χ1) is 13.9. The summed E-state index contributed by atoms with van der Waals surface area (Å²) in [6.45, 7) is -2.61. The summed E-state index contributed by atoms with van der Waals surface area (Å²) >= 11 is 0. The number of nitrogens with zero attached hydrogens (tertiary/aromatic N) is 1. The molecule has 1 saturated carbocycles. The number of aliphatic hydroxyl groups is 1. The predicted molar refractivity (Wildman–Crippen MR) is 106 cm³/mol. The molecular weight excluding hydrogens is 378 g/mol. The van der Waals surface area contributed by atoms with Gasteiger partial charge in [0.05, 0.1) is 5.60 Å². The van der Waals surface area contributed by atoms with Crippen LogP contribution in [0.4, 0.5) is 13.6 Å². The molecule has 2 amide bonds. The van der Waals surface area contributed by atoms with Crippen molar-refractivity contribution in [2.75, 3.05) is 7.05 Å². The Labute approximate surface area is 169 Å². The van der Waals surface area contributed by atoms with Gasteiger partial charge in [0.1, 0.15) is 5.75 Å². The maximum absolute atomic E-state index is 12.5. The molecule has 0 spiro atoms. The SMILES string of the molecule is CN(Cc1cccc(OC(F)F)c1)C(=O)NC1CCC(O)(c2ccccc2)CC1. The molecule has 2 aromatic carbocycles. The van der Waals surface area contributed by atoms with Gasteiger partial charge in [-0.2, -0.15) is 8.78 Å². The van der Waals surface area contributed by atoms with Crippen molar-refractivity contribution in [3.8, 4) is 5.75 Å². The maximum atomic E-state index is 12.5. The molecule has 0 saturated heterocycles. The zero-order valence-corrected chi connectivity index (χ0v) is 16.4. The summed E-state index contributed by atoms with van der Waals surface area (Å²) in [5.74, 6) is 0.0683. The average Bonchev–Trinajstić information content (AvgIpc) is 2.70. The first kappa shape index (κ1) is 21.0. The Morgan fingerprint density at radius 1 is 1.21 bits per heavy atom. The minimum Gasteiger partial charge on any atom is -0.435 e. The number of hydrogen-bond donors (Lipinski definition) is 2. The minimum atomic E-state index is -2.88. The van der Waals surface area contributed by atoms with Gasteiger partial charge in [0, 0.05) is 19.6 Å². The number of carbonyl (C=O) groups is 1. The molecule has 0 aromatic heterocycles. The Kier molecular flexibility index (Phi) is 6.69. The first-order valence-corrected chi connectivity index (χ1v) is 9.69. The smallest absolute Gasteiger partial charge is 0.387 e. The van der Waals surface area contributed by atoms with Crippen LogP contribution in [0.15, 0.2) is 54.6 Å². The van der Waals surface area contributed by atoms with Gasteiger partial charge >= 0.3 is 12.6 Å². The molecule has 3 rings (SSSR count). The van der Waals surface area contributed by atoms with Gasteiger partial charge < -0.3 is 20.1 Å². The molecule has 0 atom stereocenters. The number of nitrogens with one attached hydrogen (secondary N) is 1. The van der Waals surface area contributed by atoms with E-state index in [1.165, 1.54) is 17.0 Å². The Balaban J connectivity index is 1.51. The Morgan fingerprint density at radius 2 is 1.90 bits per heavy atom. The number of urea groups is 1. The second-order valence-corrected chi connectivity index (χ2v) is 7.50. The number of alkyl halides is 2. The third-order valence-electron chi connectivity index (χ3n) is 5.34. The van der Waals surface area contributed by atoms with Crippen LogP contribution in [0.1, 0.15) is 36.8 Å². The van der Waals surface area contributed by atoms with Crippen LogP contribution < -0.4 is 10.1 Å². The van der Waals surface area contributed by atoms with Gasteiger partial charge in [-0.1, -0.05) is 42.5 Å². The van der Waals surface area contributed by atoms with Gasteiger partial charge in [-0.15, -0.1) is 0 Å². The largest absolute Gasteiger partial charge is 0.435 e. The van der Waals surface area contributed by atoms with Crippen molar-refractivity contribution in [3.05, 3.63) is 65.7 Å². The van der Waals surface area contributed by atoms with Crippen molar-refractivity contribution in [2.45, 2.75) is 50.5 Å². The number of amides is 2. The Morgan fingerprint density at radius 3 is 2.55 bits per heavy atom. The highest BCUT2D eigenvalue weighted by atomic mass is 19.3. The molecule has 1 fully saturated rings. The van der Waals surface area contributed by atoms with Crippen LogP contribution in [0, 0.1) is 0 Å². The van der Waals surface area contributed by atoms with Crippen LogP contribution in [0.2, 0.25) is 0 Å². The van der Waals surface area contributed by atoms with E-state index in [0.29, 0.717) is 31.2 Å². The van der Waals surface area contributed by atoms with Crippen molar-refractivity contribution in [1.29, 1.82) is 0 Å². The molecule has 156 valence electrons. The third kappa shape index (κ3) is 5.67. The molecular formula is C22H26F2N2O3. The van der Waals surface area contributed by atoms with Crippen LogP contribution in [-0.4, -0.2) is 35.7 Å². The van der Waals surface area contributed by atoms with E-state index in [-0.39, 0.29) is 24.4 Å². The van der Waals surface area contributed by atoms with Crippen molar-refractivity contribution in [3.63, 3.8) is 0 Å². The number of ether oxygens (including phenoxy) is 1. The lowest BCUT2D eigenvalue weighted by atomic mass is 9.78. The van der Waals surface area contributed by atoms with Crippen LogP contribution in [0.3, 0.4) is 0 Å². The standard InChI is InChI=1S/C22H26F2N2O3/c1-26(15-16-6-5-9-19(14-16)29-20(23)24)21(27)25-18-10-12-22(28,13-11-18)17-7-3-2-4-8-17/h2-9,14,18,20,28H,10-13,15H2,1H3,(H,25,27). The van der Waals surface area contributed by atoms with E-state index in [9.17, 15) is 18.7 Å². The van der Waals surface area contributed by atoms with E-state index >= 15 is 0 Å². The molecule has 2 aromatic rings. The second kappa shape index (κ2) is 9.22. The molecule has 0 aliphatic heterocycles. The van der Waals surface area contributed by atoms with Crippen molar-refractivity contribution in [1.82, 2.24) is 10.2 Å². The Hall–Kier alpha value is -2.67. The minimum absolute atomic E-state index is 0.0116. The molecule has 0 bridgehead atoms. The summed E-state index contributed by atoms with van der Waals surface area (Å²) in [6.07, 6.45) is 2.53. The van der Waals surface area contributed by atoms with Gasteiger partial charge in [0.25, 0.3) is 0 Å². The van der Waals surface area contributed by atoms with Gasteiger partial charge in [0.15, 0.2) is 0 Å². The Bertz CT molecular complexity index is 809. The predicted octanol–water partition coefficient (Wildman–Crippen LogP) is 4.26. The molecule has 2 N–H and O–H groups in total. The molecule has 1 aliphatic carbocycles. The van der Waals surface area contributed by atoms with E-state index in [1.807, 2.05) is 30.3 Å². The van der Waals surface area contributed by atoms with E-state index in [2.05, 4.69) is 10.1 Å². The number of halogens is 2. The molecule has 7 heteroatoms. The number of hydrogen-bond acceptors (Lipinski definition) is 3. The summed E-state index contributed by atoms with van der Waals surface area (Å²) in [5.41, 5.74) is 0.759. The molecule has 0 unspecified atom stereocenters. The van der Waals surface area contributed by atoms with Crippen molar-refractivity contribution >= 4 is 6.03 Å². The second-order valence-electron chi connectivity index (χ2n) is 7.50. The quantitative estimate of drug-likeness (QED) is 0.756.